The number of carbonyl (C=O) groups is 2. The molecule has 22 heavy (non-hydrogen) atoms. The predicted octanol–water partition coefficient (Wildman–Crippen LogP) is 2.42. The van der Waals surface area contributed by atoms with E-state index in [1.165, 1.54) is 30.8 Å². The molecular weight excluding hydrogens is 280 g/mol. The van der Waals surface area contributed by atoms with Gasteiger partial charge in [0.15, 0.2) is 0 Å². The van der Waals surface area contributed by atoms with Crippen LogP contribution in [0, 0.1) is 0 Å². The molecule has 0 atom stereocenters. The van der Waals surface area contributed by atoms with Gasteiger partial charge in [-0.25, -0.2) is 0 Å². The number of amides is 2. The molecule has 0 aromatic carbocycles. The lowest BCUT2D eigenvalue weighted by atomic mass is 9.97. The zero-order chi connectivity index (χ0) is 15.6. The lowest BCUT2D eigenvalue weighted by Crippen LogP contribution is -2.36. The highest BCUT2D eigenvalue weighted by atomic mass is 16.3. The summed E-state index contributed by atoms with van der Waals surface area (Å²) < 4.78 is 5.07. The Labute approximate surface area is 130 Å². The Balaban J connectivity index is 1.58. The van der Waals surface area contributed by atoms with Crippen LogP contribution in [-0.2, 0) is 9.59 Å². The first-order valence-electron chi connectivity index (χ1n) is 7.68. The van der Waals surface area contributed by atoms with Gasteiger partial charge in [-0.2, -0.15) is 0 Å². The Hall–Kier alpha value is -2.30. The molecule has 0 saturated carbocycles. The van der Waals surface area contributed by atoms with Crippen molar-refractivity contribution in [2.45, 2.75) is 32.1 Å². The van der Waals surface area contributed by atoms with Crippen molar-refractivity contribution < 1.29 is 14.0 Å². The fourth-order valence-corrected chi connectivity index (χ4v) is 2.33. The summed E-state index contributed by atoms with van der Waals surface area (Å²) in [5, 5.41) is 5.36. The van der Waals surface area contributed by atoms with Gasteiger partial charge in [-0.3, -0.25) is 9.59 Å². The van der Waals surface area contributed by atoms with Crippen molar-refractivity contribution in [2.75, 3.05) is 13.1 Å². The van der Waals surface area contributed by atoms with E-state index in [-0.39, 0.29) is 18.4 Å². The molecule has 0 fully saturated rings. The van der Waals surface area contributed by atoms with E-state index in [0.717, 1.165) is 19.3 Å². The number of hydrogen-bond donors (Lipinski definition) is 2. The van der Waals surface area contributed by atoms with Gasteiger partial charge < -0.3 is 15.1 Å². The maximum atomic E-state index is 11.6. The van der Waals surface area contributed by atoms with Crippen molar-refractivity contribution in [1.29, 1.82) is 0 Å². The van der Waals surface area contributed by atoms with Crippen molar-refractivity contribution in [1.82, 2.24) is 10.6 Å². The van der Waals surface area contributed by atoms with E-state index >= 15 is 0 Å². The van der Waals surface area contributed by atoms with Crippen molar-refractivity contribution in [2.24, 2.45) is 0 Å². The Morgan fingerprint density at radius 1 is 1.27 bits per heavy atom. The van der Waals surface area contributed by atoms with E-state index in [1.807, 2.05) is 0 Å². The Bertz CT molecular complexity index is 544. The third-order valence-electron chi connectivity index (χ3n) is 3.52. The highest BCUT2D eigenvalue weighted by Gasteiger charge is 2.06. The lowest BCUT2D eigenvalue weighted by molar-refractivity contribution is -0.123. The van der Waals surface area contributed by atoms with Gasteiger partial charge in [-0.1, -0.05) is 11.6 Å². The second kappa shape index (κ2) is 8.87. The fourth-order valence-electron chi connectivity index (χ4n) is 2.33. The molecule has 1 aromatic rings. The lowest BCUT2D eigenvalue weighted by Gasteiger charge is -2.12. The standard InChI is InChI=1S/C17H22N2O3/c20-16(9-8-15-7-4-12-22-15)19-13-17(21)18-11-10-14-5-2-1-3-6-14/h4-5,7-9,12H,1-3,6,10-11,13H2,(H,18,21)(H,19,20). The van der Waals surface area contributed by atoms with Crippen molar-refractivity contribution in [3.8, 4) is 0 Å². The van der Waals surface area contributed by atoms with E-state index in [0.29, 0.717) is 12.3 Å². The maximum absolute atomic E-state index is 11.6. The minimum Gasteiger partial charge on any atom is -0.465 e. The van der Waals surface area contributed by atoms with Crippen LogP contribution in [0.3, 0.4) is 0 Å². The molecule has 1 aliphatic rings. The Morgan fingerprint density at radius 2 is 2.18 bits per heavy atom. The van der Waals surface area contributed by atoms with Crippen LogP contribution < -0.4 is 10.6 Å². The van der Waals surface area contributed by atoms with E-state index in [2.05, 4.69) is 16.7 Å². The molecular formula is C17H22N2O3. The molecule has 1 heterocycles. The number of hydrogen-bond acceptors (Lipinski definition) is 3. The Morgan fingerprint density at radius 3 is 2.91 bits per heavy atom. The van der Waals surface area contributed by atoms with Gasteiger partial charge in [0.05, 0.1) is 12.8 Å². The summed E-state index contributed by atoms with van der Waals surface area (Å²) in [6.07, 6.45) is 12.4. The predicted molar refractivity (Wildman–Crippen MR) is 84.9 cm³/mol. The summed E-state index contributed by atoms with van der Waals surface area (Å²) in [6, 6.07) is 3.49. The monoisotopic (exact) mass is 302 g/mol. The highest BCUT2D eigenvalue weighted by molar-refractivity contribution is 5.93. The molecule has 0 unspecified atom stereocenters. The topological polar surface area (TPSA) is 71.3 Å². The van der Waals surface area contributed by atoms with Crippen molar-refractivity contribution in [3.63, 3.8) is 0 Å². The molecule has 0 spiro atoms. The van der Waals surface area contributed by atoms with Crippen LogP contribution in [0.5, 0.6) is 0 Å². The van der Waals surface area contributed by atoms with Crippen molar-refractivity contribution in [3.05, 3.63) is 41.9 Å². The molecule has 2 amide bonds. The van der Waals surface area contributed by atoms with Gasteiger partial charge in [-0.05, 0) is 50.3 Å². The summed E-state index contributed by atoms with van der Waals surface area (Å²) in [4.78, 5) is 23.2. The van der Waals surface area contributed by atoms with Gasteiger partial charge in [0.1, 0.15) is 5.76 Å². The van der Waals surface area contributed by atoms with Crippen LogP contribution in [0.4, 0.5) is 0 Å². The maximum Gasteiger partial charge on any atom is 0.244 e. The van der Waals surface area contributed by atoms with E-state index in [4.69, 9.17) is 4.42 Å². The third kappa shape index (κ3) is 5.99. The Kier molecular flexibility index (Phi) is 6.48. The summed E-state index contributed by atoms with van der Waals surface area (Å²) in [7, 11) is 0. The van der Waals surface area contributed by atoms with Gasteiger partial charge >= 0.3 is 0 Å². The molecule has 2 rings (SSSR count). The number of furan rings is 1. The first kappa shape index (κ1) is 16.1. The second-order valence-electron chi connectivity index (χ2n) is 5.27. The van der Waals surface area contributed by atoms with Gasteiger partial charge in [0.2, 0.25) is 11.8 Å². The summed E-state index contributed by atoms with van der Waals surface area (Å²) >= 11 is 0. The highest BCUT2D eigenvalue weighted by Crippen LogP contribution is 2.19. The van der Waals surface area contributed by atoms with Crippen LogP contribution >= 0.6 is 0 Å². The summed E-state index contributed by atoms with van der Waals surface area (Å²) in [5.41, 5.74) is 1.43. The van der Waals surface area contributed by atoms with Crippen molar-refractivity contribution >= 4 is 17.9 Å². The van der Waals surface area contributed by atoms with Gasteiger partial charge in [-0.15, -0.1) is 0 Å². The molecule has 0 radical (unpaired) electrons. The molecule has 0 aliphatic heterocycles. The molecule has 5 nitrogen and oxygen atoms in total. The normalized spacial score (nSPS) is 14.6. The number of allylic oxidation sites excluding steroid dienone is 1. The second-order valence-corrected chi connectivity index (χ2v) is 5.27. The average Bonchev–Trinajstić information content (AvgIpc) is 3.05. The number of carbonyl (C=O) groups excluding carboxylic acids is 2. The van der Waals surface area contributed by atoms with E-state index in [1.54, 1.807) is 18.2 Å². The van der Waals surface area contributed by atoms with Gasteiger partial charge in [0.25, 0.3) is 0 Å². The first-order chi connectivity index (χ1) is 10.7. The zero-order valence-corrected chi connectivity index (χ0v) is 12.6. The third-order valence-corrected chi connectivity index (χ3v) is 3.52. The zero-order valence-electron chi connectivity index (χ0n) is 12.6. The van der Waals surface area contributed by atoms with Gasteiger partial charge in [0, 0.05) is 12.6 Å². The van der Waals surface area contributed by atoms with Crippen LogP contribution in [0.2, 0.25) is 0 Å². The molecule has 0 saturated heterocycles. The molecule has 118 valence electrons. The number of nitrogens with one attached hydrogen (secondary N) is 2. The van der Waals surface area contributed by atoms with Crippen LogP contribution in [0.25, 0.3) is 6.08 Å². The average molecular weight is 302 g/mol. The SMILES string of the molecule is O=C(C=Cc1ccco1)NCC(=O)NCCC1=CCCCC1. The van der Waals surface area contributed by atoms with E-state index in [9.17, 15) is 9.59 Å². The molecule has 5 heteroatoms. The minimum atomic E-state index is -0.318. The van der Waals surface area contributed by atoms with Crippen LogP contribution in [0.1, 0.15) is 37.9 Å². The quantitative estimate of drug-likeness (QED) is 0.600. The first-order valence-corrected chi connectivity index (χ1v) is 7.68. The molecule has 1 aromatic heterocycles. The molecule has 0 bridgehead atoms. The van der Waals surface area contributed by atoms with Crippen LogP contribution in [0.15, 0.2) is 40.5 Å². The summed E-state index contributed by atoms with van der Waals surface area (Å²) in [6.45, 7) is 0.614. The van der Waals surface area contributed by atoms with E-state index < -0.39 is 0 Å². The smallest absolute Gasteiger partial charge is 0.244 e. The fraction of sp³-hybridized carbons (Fsp3) is 0.412. The molecule has 1 aliphatic carbocycles. The van der Waals surface area contributed by atoms with Crippen LogP contribution in [-0.4, -0.2) is 24.9 Å². The largest absolute Gasteiger partial charge is 0.465 e. The minimum absolute atomic E-state index is 0.0135. The summed E-state index contributed by atoms with van der Waals surface area (Å²) in [5.74, 6) is 0.109. The molecule has 2 N–H and O–H groups in total. The number of rotatable bonds is 7.